The molecule has 0 rings (SSSR count). The van der Waals surface area contributed by atoms with Crippen LogP contribution in [0.25, 0.3) is 0 Å². The summed E-state index contributed by atoms with van der Waals surface area (Å²) in [5, 5.41) is 23.3. The van der Waals surface area contributed by atoms with Crippen LogP contribution in [0.2, 0.25) is 0 Å². The summed E-state index contributed by atoms with van der Waals surface area (Å²) >= 11 is 0. The van der Waals surface area contributed by atoms with Gasteiger partial charge >= 0.3 is 23.9 Å². The Kier molecular flexibility index (Phi) is 10.2. The van der Waals surface area contributed by atoms with Gasteiger partial charge < -0.3 is 36.1 Å². The number of carboxylic acid groups (broad SMARTS) is 2. The maximum Gasteiger partial charge on any atom is 0.324 e. The minimum atomic E-state index is -1.29. The molecule has 168 valence electrons. The van der Waals surface area contributed by atoms with Gasteiger partial charge in [0.2, 0.25) is 0 Å². The van der Waals surface area contributed by atoms with E-state index in [1.807, 2.05) is 0 Å². The van der Waals surface area contributed by atoms with Gasteiger partial charge in [-0.3, -0.25) is 19.2 Å². The van der Waals surface area contributed by atoms with Crippen molar-refractivity contribution in [3.8, 4) is 0 Å². The summed E-state index contributed by atoms with van der Waals surface area (Å²) in [6, 6.07) is -3.69. The molecule has 0 heterocycles. The summed E-state index contributed by atoms with van der Waals surface area (Å²) in [7, 11) is 0. The first-order valence-electron chi connectivity index (χ1n) is 9.14. The summed E-state index contributed by atoms with van der Waals surface area (Å²) in [6.45, 7) is 9.43. The third kappa shape index (κ3) is 12.8. The number of carbonyl (C=O) groups is 4. The van der Waals surface area contributed by atoms with Crippen LogP contribution >= 0.6 is 0 Å². The van der Waals surface area contributed by atoms with Crippen LogP contribution in [0.15, 0.2) is 0 Å². The van der Waals surface area contributed by atoms with Crippen LogP contribution in [-0.2, 0) is 28.7 Å². The number of rotatable bonds is 11. The van der Waals surface area contributed by atoms with E-state index in [2.05, 4.69) is 10.6 Å². The molecule has 0 aromatic heterocycles. The van der Waals surface area contributed by atoms with Gasteiger partial charge in [0.25, 0.3) is 0 Å². The molecule has 11 nitrogen and oxygen atoms in total. The number of esters is 2. The average molecular weight is 419 g/mol. The van der Waals surface area contributed by atoms with Crippen LogP contribution in [0.3, 0.4) is 0 Å². The fraction of sp³-hybridized carbons (Fsp3) is 0.778. The molecule has 0 aromatic rings. The molecule has 1 unspecified atom stereocenters. The summed E-state index contributed by atoms with van der Waals surface area (Å²) in [5.41, 5.74) is 3.78. The lowest BCUT2D eigenvalue weighted by Gasteiger charge is -2.26. The highest BCUT2D eigenvalue weighted by atomic mass is 16.6. The Bertz CT molecular complexity index is 595. The molecule has 0 aliphatic carbocycles. The lowest BCUT2D eigenvalue weighted by atomic mass is 10.1. The van der Waals surface area contributed by atoms with Gasteiger partial charge in [0, 0.05) is 13.1 Å². The van der Waals surface area contributed by atoms with Crippen molar-refractivity contribution in [2.45, 2.75) is 77.3 Å². The Morgan fingerprint density at radius 3 is 1.72 bits per heavy atom. The molecule has 0 aromatic carbocycles. The Morgan fingerprint density at radius 1 is 0.828 bits per heavy atom. The third-order valence-corrected chi connectivity index (χ3v) is 3.25. The standard InChI is InChI=1S/C18H33N3O8/c1-17(2,3)28-13(22)7-11(16(27)29-18(4,5)6)21-9-12(15(25)26)20-8-10(19)14(23)24/h10-12,20-21H,7-9,19H2,1-6H3,(H,23,24)(H,25,26)/t10-,11?,12-/m0/s1. The first kappa shape index (κ1) is 26.8. The summed E-state index contributed by atoms with van der Waals surface area (Å²) in [5.74, 6) is -3.97. The number of nitrogens with two attached hydrogens (primary N) is 1. The average Bonchev–Trinajstić information content (AvgIpc) is 2.49. The molecular weight excluding hydrogens is 386 g/mol. The highest BCUT2D eigenvalue weighted by Gasteiger charge is 2.31. The van der Waals surface area contributed by atoms with Crippen molar-refractivity contribution in [1.29, 1.82) is 0 Å². The van der Waals surface area contributed by atoms with Crippen molar-refractivity contribution < 1.29 is 38.9 Å². The van der Waals surface area contributed by atoms with E-state index < -0.39 is 53.2 Å². The van der Waals surface area contributed by atoms with Crippen LogP contribution in [0.5, 0.6) is 0 Å². The van der Waals surface area contributed by atoms with Crippen molar-refractivity contribution in [2.75, 3.05) is 13.1 Å². The van der Waals surface area contributed by atoms with E-state index in [4.69, 9.17) is 20.3 Å². The highest BCUT2D eigenvalue weighted by Crippen LogP contribution is 2.13. The summed E-state index contributed by atoms with van der Waals surface area (Å²) in [4.78, 5) is 46.7. The number of carboxylic acids is 2. The number of hydrogen-bond donors (Lipinski definition) is 5. The van der Waals surface area contributed by atoms with Crippen LogP contribution in [0.1, 0.15) is 48.0 Å². The van der Waals surface area contributed by atoms with E-state index in [9.17, 15) is 24.3 Å². The van der Waals surface area contributed by atoms with Crippen LogP contribution < -0.4 is 16.4 Å². The third-order valence-electron chi connectivity index (χ3n) is 3.25. The number of hydrogen-bond acceptors (Lipinski definition) is 9. The zero-order valence-corrected chi connectivity index (χ0v) is 17.8. The first-order chi connectivity index (χ1) is 13.0. The highest BCUT2D eigenvalue weighted by molar-refractivity contribution is 5.83. The largest absolute Gasteiger partial charge is 0.480 e. The number of aliphatic carboxylic acids is 2. The molecule has 0 amide bonds. The monoisotopic (exact) mass is 419 g/mol. The van der Waals surface area contributed by atoms with Gasteiger partial charge in [-0.1, -0.05) is 0 Å². The molecule has 0 aliphatic heterocycles. The van der Waals surface area contributed by atoms with E-state index >= 15 is 0 Å². The van der Waals surface area contributed by atoms with Crippen LogP contribution in [0.4, 0.5) is 0 Å². The van der Waals surface area contributed by atoms with Crippen molar-refractivity contribution in [2.24, 2.45) is 5.73 Å². The molecule has 0 spiro atoms. The molecule has 0 aliphatic rings. The zero-order valence-electron chi connectivity index (χ0n) is 17.8. The van der Waals surface area contributed by atoms with Gasteiger partial charge in [-0.05, 0) is 41.5 Å². The normalized spacial score (nSPS) is 15.1. The van der Waals surface area contributed by atoms with Gasteiger partial charge in [-0.2, -0.15) is 0 Å². The van der Waals surface area contributed by atoms with Gasteiger partial charge in [0.05, 0.1) is 6.42 Å². The number of ether oxygens (including phenoxy) is 2. The van der Waals surface area contributed by atoms with Crippen LogP contribution in [-0.4, -0.2) is 76.5 Å². The minimum absolute atomic E-state index is 0.283. The van der Waals surface area contributed by atoms with E-state index in [1.165, 1.54) is 0 Å². The first-order valence-corrected chi connectivity index (χ1v) is 9.14. The molecule has 6 N–H and O–H groups in total. The quantitative estimate of drug-likeness (QED) is 0.272. The fourth-order valence-electron chi connectivity index (χ4n) is 2.03. The Labute approximate surface area is 170 Å². The Balaban J connectivity index is 5.15. The lowest BCUT2D eigenvalue weighted by Crippen LogP contribution is -2.53. The second-order valence-corrected chi connectivity index (χ2v) is 8.53. The van der Waals surface area contributed by atoms with E-state index in [-0.39, 0.29) is 19.5 Å². The second-order valence-electron chi connectivity index (χ2n) is 8.53. The maximum atomic E-state index is 12.4. The molecule has 0 bridgehead atoms. The SMILES string of the molecule is CC(C)(C)OC(=O)CC(NC[C@H](NC[C@H](N)C(=O)O)C(=O)O)C(=O)OC(C)(C)C. The molecule has 0 radical (unpaired) electrons. The van der Waals surface area contributed by atoms with Gasteiger partial charge in [0.15, 0.2) is 0 Å². The van der Waals surface area contributed by atoms with Gasteiger partial charge in [-0.25, -0.2) is 0 Å². The van der Waals surface area contributed by atoms with Gasteiger partial charge in [-0.15, -0.1) is 0 Å². The van der Waals surface area contributed by atoms with E-state index in [0.29, 0.717) is 0 Å². The number of nitrogens with one attached hydrogen (secondary N) is 2. The number of carbonyl (C=O) groups excluding carboxylic acids is 2. The van der Waals surface area contributed by atoms with Crippen molar-refractivity contribution in [3.05, 3.63) is 0 Å². The molecule has 0 saturated heterocycles. The van der Waals surface area contributed by atoms with Crippen LogP contribution in [0, 0.1) is 0 Å². The predicted molar refractivity (Wildman–Crippen MR) is 103 cm³/mol. The summed E-state index contributed by atoms with van der Waals surface area (Å²) in [6.07, 6.45) is -0.368. The van der Waals surface area contributed by atoms with E-state index in [1.54, 1.807) is 41.5 Å². The topological polar surface area (TPSA) is 177 Å². The second kappa shape index (κ2) is 11.1. The molecule has 11 heteroatoms. The Morgan fingerprint density at radius 2 is 1.31 bits per heavy atom. The molecule has 29 heavy (non-hydrogen) atoms. The van der Waals surface area contributed by atoms with E-state index in [0.717, 1.165) is 0 Å². The maximum absolute atomic E-state index is 12.4. The minimum Gasteiger partial charge on any atom is -0.480 e. The van der Waals surface area contributed by atoms with Crippen molar-refractivity contribution in [3.63, 3.8) is 0 Å². The molecule has 0 saturated carbocycles. The van der Waals surface area contributed by atoms with Crippen molar-refractivity contribution >= 4 is 23.9 Å². The Hall–Kier alpha value is -2.24. The zero-order chi connectivity index (χ0) is 23.0. The van der Waals surface area contributed by atoms with Gasteiger partial charge in [0.1, 0.15) is 29.3 Å². The molecule has 0 fully saturated rings. The molecule has 3 atom stereocenters. The molecular formula is C18H33N3O8. The fourth-order valence-corrected chi connectivity index (χ4v) is 2.03. The summed E-state index contributed by atoms with van der Waals surface area (Å²) < 4.78 is 10.5. The smallest absolute Gasteiger partial charge is 0.324 e. The predicted octanol–water partition coefficient (Wildman–Crippen LogP) is -0.527. The lowest BCUT2D eigenvalue weighted by molar-refractivity contribution is -0.164. The van der Waals surface area contributed by atoms with Crippen molar-refractivity contribution in [1.82, 2.24) is 10.6 Å².